The van der Waals surface area contributed by atoms with Gasteiger partial charge in [-0.05, 0) is 0 Å². The molecular formula is C9H19IN-. The standard InChI is InChI=1S/C9H19IN/c1-8(2)9-5-4-6-11(7-9)10-3/h8-9H,4-7H2,1-3H3/q-1. The third-order valence-corrected chi connectivity index (χ3v) is 4.83. The van der Waals surface area contributed by atoms with Gasteiger partial charge in [0.15, 0.2) is 0 Å². The summed E-state index contributed by atoms with van der Waals surface area (Å²) in [7, 11) is 0. The number of rotatable bonds is 2. The topological polar surface area (TPSA) is 3.24 Å². The molecule has 0 aromatic carbocycles. The molecule has 1 atom stereocenters. The Kier molecular flexibility index (Phi) is 4.13. The molecule has 1 saturated heterocycles. The fourth-order valence-corrected chi connectivity index (χ4v) is 3.38. The maximum absolute atomic E-state index is 2.69. The molecule has 0 amide bonds. The molecule has 1 aliphatic rings. The second kappa shape index (κ2) is 4.65. The minimum atomic E-state index is 0.367. The zero-order chi connectivity index (χ0) is 8.27. The van der Waals surface area contributed by atoms with E-state index < -0.39 is 0 Å². The van der Waals surface area contributed by atoms with Crippen molar-refractivity contribution in [2.45, 2.75) is 26.7 Å². The zero-order valence-corrected chi connectivity index (χ0v) is 9.97. The molecular weight excluding hydrogens is 249 g/mol. The molecule has 0 aromatic rings. The Bertz CT molecular complexity index is 114. The minimum absolute atomic E-state index is 0.367. The first kappa shape index (κ1) is 9.78. The van der Waals surface area contributed by atoms with Crippen LogP contribution < -0.4 is 21.5 Å². The molecule has 68 valence electrons. The van der Waals surface area contributed by atoms with Gasteiger partial charge in [0.1, 0.15) is 0 Å². The van der Waals surface area contributed by atoms with Crippen LogP contribution in [0.4, 0.5) is 0 Å². The molecule has 11 heavy (non-hydrogen) atoms. The molecule has 0 aliphatic carbocycles. The fraction of sp³-hybridized carbons (Fsp3) is 1.00. The average molecular weight is 268 g/mol. The number of alkyl halides is 1. The van der Waals surface area contributed by atoms with Gasteiger partial charge >= 0.3 is 81.1 Å². The van der Waals surface area contributed by atoms with Crippen LogP contribution in [-0.2, 0) is 0 Å². The number of nitrogens with zero attached hydrogens (tertiary/aromatic N) is 1. The van der Waals surface area contributed by atoms with E-state index in [4.69, 9.17) is 0 Å². The number of halogens is 1. The van der Waals surface area contributed by atoms with Gasteiger partial charge in [-0.2, -0.15) is 0 Å². The third-order valence-electron chi connectivity index (χ3n) is 2.59. The van der Waals surface area contributed by atoms with E-state index in [9.17, 15) is 0 Å². The van der Waals surface area contributed by atoms with E-state index in [1.165, 1.54) is 25.9 Å². The van der Waals surface area contributed by atoms with Crippen LogP contribution in [-0.4, -0.2) is 21.1 Å². The van der Waals surface area contributed by atoms with Crippen LogP contribution in [0.5, 0.6) is 0 Å². The molecule has 0 N–H and O–H groups in total. The van der Waals surface area contributed by atoms with E-state index in [1.54, 1.807) is 0 Å². The Labute approximate surface area is 81.2 Å². The van der Waals surface area contributed by atoms with E-state index in [2.05, 4.69) is 21.9 Å². The summed E-state index contributed by atoms with van der Waals surface area (Å²) >= 11 is 0.367. The Balaban J connectivity index is 2.33. The number of hydrogen-bond donors (Lipinski definition) is 0. The maximum atomic E-state index is 2.69. The van der Waals surface area contributed by atoms with E-state index in [-0.39, 0.29) is 0 Å². The molecule has 0 aromatic heterocycles. The molecule has 1 nitrogen and oxygen atoms in total. The van der Waals surface area contributed by atoms with Crippen molar-refractivity contribution in [2.75, 3.05) is 18.0 Å². The summed E-state index contributed by atoms with van der Waals surface area (Å²) in [5, 5.41) is 0. The normalized spacial score (nSPS) is 28.2. The molecule has 0 radical (unpaired) electrons. The summed E-state index contributed by atoms with van der Waals surface area (Å²) in [5.41, 5.74) is 0. The van der Waals surface area contributed by atoms with Crippen LogP contribution in [0, 0.1) is 11.8 Å². The predicted octanol–water partition coefficient (Wildman–Crippen LogP) is -1.01. The van der Waals surface area contributed by atoms with Crippen molar-refractivity contribution in [3.05, 3.63) is 0 Å². The Morgan fingerprint density at radius 3 is 2.73 bits per heavy atom. The van der Waals surface area contributed by atoms with Crippen LogP contribution in [0.1, 0.15) is 26.7 Å². The van der Waals surface area contributed by atoms with Crippen LogP contribution in [0.15, 0.2) is 0 Å². The van der Waals surface area contributed by atoms with Crippen LogP contribution in [0.3, 0.4) is 0 Å². The van der Waals surface area contributed by atoms with Gasteiger partial charge in [-0.25, -0.2) is 0 Å². The second-order valence-electron chi connectivity index (χ2n) is 3.68. The monoisotopic (exact) mass is 268 g/mol. The van der Waals surface area contributed by atoms with Crippen molar-refractivity contribution in [1.29, 1.82) is 0 Å². The van der Waals surface area contributed by atoms with Crippen molar-refractivity contribution >= 4 is 0 Å². The van der Waals surface area contributed by atoms with Gasteiger partial charge in [0, 0.05) is 0 Å². The molecule has 0 bridgehead atoms. The molecule has 2 heteroatoms. The van der Waals surface area contributed by atoms with Gasteiger partial charge < -0.3 is 0 Å². The quantitative estimate of drug-likeness (QED) is 0.352. The van der Waals surface area contributed by atoms with E-state index >= 15 is 0 Å². The second-order valence-corrected chi connectivity index (χ2v) is 6.01. The summed E-state index contributed by atoms with van der Waals surface area (Å²) in [4.78, 5) is 2.38. The fourth-order valence-electron chi connectivity index (χ4n) is 1.66. The van der Waals surface area contributed by atoms with Crippen molar-refractivity contribution < 1.29 is 21.5 Å². The first-order valence-corrected chi connectivity index (χ1v) is 7.61. The Morgan fingerprint density at radius 2 is 2.18 bits per heavy atom. The first-order chi connectivity index (χ1) is 5.24. The number of piperidine rings is 1. The summed E-state index contributed by atoms with van der Waals surface area (Å²) in [6.07, 6.45) is 2.91. The van der Waals surface area contributed by atoms with Gasteiger partial charge in [0.25, 0.3) is 0 Å². The summed E-state index contributed by atoms with van der Waals surface area (Å²) in [6, 6.07) is 0. The third kappa shape index (κ3) is 2.90. The summed E-state index contributed by atoms with van der Waals surface area (Å²) in [5.74, 6) is 1.89. The van der Waals surface area contributed by atoms with Gasteiger partial charge in [-0.1, -0.05) is 0 Å². The predicted molar refractivity (Wildman–Crippen MR) is 45.1 cm³/mol. The Morgan fingerprint density at radius 1 is 1.45 bits per heavy atom. The van der Waals surface area contributed by atoms with E-state index in [0.29, 0.717) is 21.5 Å². The average Bonchev–Trinajstić information content (AvgIpc) is 2.05. The van der Waals surface area contributed by atoms with Crippen LogP contribution >= 0.6 is 0 Å². The van der Waals surface area contributed by atoms with Crippen molar-refractivity contribution in [3.8, 4) is 0 Å². The molecule has 0 saturated carbocycles. The molecule has 1 fully saturated rings. The van der Waals surface area contributed by atoms with Gasteiger partial charge in [0.2, 0.25) is 0 Å². The first-order valence-electron chi connectivity index (χ1n) is 4.48. The SMILES string of the molecule is C[I-]N1CCCC(C(C)C)C1. The summed E-state index contributed by atoms with van der Waals surface area (Å²) in [6.45, 7) is 7.50. The molecule has 1 rings (SSSR count). The molecule has 1 unspecified atom stereocenters. The van der Waals surface area contributed by atoms with Crippen molar-refractivity contribution in [2.24, 2.45) is 11.8 Å². The van der Waals surface area contributed by atoms with E-state index in [0.717, 1.165) is 11.8 Å². The van der Waals surface area contributed by atoms with Crippen LogP contribution in [0.2, 0.25) is 0 Å². The molecule has 1 heterocycles. The van der Waals surface area contributed by atoms with Gasteiger partial charge in [-0.3, -0.25) is 0 Å². The van der Waals surface area contributed by atoms with Gasteiger partial charge in [-0.15, -0.1) is 0 Å². The zero-order valence-electron chi connectivity index (χ0n) is 7.81. The van der Waals surface area contributed by atoms with Crippen LogP contribution in [0.25, 0.3) is 0 Å². The van der Waals surface area contributed by atoms with Crippen molar-refractivity contribution in [1.82, 2.24) is 3.11 Å². The molecule has 1 aliphatic heterocycles. The molecule has 0 spiro atoms. The number of hydrogen-bond acceptors (Lipinski definition) is 1. The van der Waals surface area contributed by atoms with E-state index in [1.807, 2.05) is 0 Å². The Hall–Kier alpha value is 0.690. The van der Waals surface area contributed by atoms with Crippen molar-refractivity contribution in [3.63, 3.8) is 0 Å². The summed E-state index contributed by atoms with van der Waals surface area (Å²) < 4.78 is 2.69. The van der Waals surface area contributed by atoms with Gasteiger partial charge in [0.05, 0.1) is 0 Å².